The van der Waals surface area contributed by atoms with Crippen molar-refractivity contribution < 1.29 is 5.11 Å². The minimum absolute atomic E-state index is 0.0732. The fraction of sp³-hybridized carbons (Fsp3) is 0.500. The van der Waals surface area contributed by atoms with Crippen LogP contribution in [0, 0.1) is 18.8 Å². The largest absolute Gasteiger partial charge is 0.393 e. The first-order valence-electron chi connectivity index (χ1n) is 7.96. The van der Waals surface area contributed by atoms with Crippen LogP contribution in [0.5, 0.6) is 0 Å². The van der Waals surface area contributed by atoms with Gasteiger partial charge in [0, 0.05) is 36.6 Å². The number of pyridine rings is 1. The quantitative estimate of drug-likeness (QED) is 0.920. The monoisotopic (exact) mass is 282 g/mol. The fourth-order valence-corrected chi connectivity index (χ4v) is 4.22. The molecule has 3 heteroatoms. The Labute approximate surface area is 125 Å². The number of aromatic nitrogens is 1. The molecule has 1 aliphatic carbocycles. The number of nitrogens with zero attached hydrogens (tertiary/aromatic N) is 2. The van der Waals surface area contributed by atoms with E-state index in [1.807, 2.05) is 0 Å². The zero-order chi connectivity index (χ0) is 14.4. The number of aliphatic hydroxyl groups excluding tert-OH is 1. The molecule has 3 nitrogen and oxygen atoms in total. The summed E-state index contributed by atoms with van der Waals surface area (Å²) < 4.78 is 0. The molecular formula is C18H22N2O. The first-order chi connectivity index (χ1) is 10.2. The van der Waals surface area contributed by atoms with Gasteiger partial charge in [-0.1, -0.05) is 18.2 Å². The van der Waals surface area contributed by atoms with Crippen LogP contribution in [0.2, 0.25) is 0 Å². The van der Waals surface area contributed by atoms with E-state index in [-0.39, 0.29) is 6.10 Å². The van der Waals surface area contributed by atoms with Crippen molar-refractivity contribution >= 4 is 10.9 Å². The summed E-state index contributed by atoms with van der Waals surface area (Å²) in [6.07, 6.45) is 2.12. The average molecular weight is 282 g/mol. The molecule has 3 atom stereocenters. The summed E-state index contributed by atoms with van der Waals surface area (Å²) in [6.45, 7) is 5.22. The van der Waals surface area contributed by atoms with E-state index in [2.05, 4.69) is 47.1 Å². The predicted octanol–water partition coefficient (Wildman–Crippen LogP) is 2.75. The molecular weight excluding hydrogens is 260 g/mol. The molecule has 1 aliphatic heterocycles. The molecule has 2 heterocycles. The Bertz CT molecular complexity index is 669. The third kappa shape index (κ3) is 2.34. The molecule has 110 valence electrons. The van der Waals surface area contributed by atoms with E-state index in [9.17, 15) is 5.11 Å². The summed E-state index contributed by atoms with van der Waals surface area (Å²) >= 11 is 0. The third-order valence-corrected chi connectivity index (χ3v) is 5.22. The van der Waals surface area contributed by atoms with Gasteiger partial charge in [-0.05, 0) is 43.4 Å². The molecule has 1 saturated heterocycles. The molecule has 1 N–H and O–H groups in total. The molecule has 2 aromatic rings. The molecule has 0 radical (unpaired) electrons. The van der Waals surface area contributed by atoms with E-state index in [1.54, 1.807) is 0 Å². The van der Waals surface area contributed by atoms with Crippen LogP contribution in [0.1, 0.15) is 24.1 Å². The highest BCUT2D eigenvalue weighted by Crippen LogP contribution is 2.38. The van der Waals surface area contributed by atoms with Crippen LogP contribution >= 0.6 is 0 Å². The van der Waals surface area contributed by atoms with Gasteiger partial charge in [-0.2, -0.15) is 0 Å². The maximum Gasteiger partial charge on any atom is 0.0708 e. The highest BCUT2D eigenvalue weighted by molar-refractivity contribution is 5.82. The lowest BCUT2D eigenvalue weighted by Crippen LogP contribution is -2.24. The van der Waals surface area contributed by atoms with Crippen LogP contribution in [0.15, 0.2) is 30.3 Å². The van der Waals surface area contributed by atoms with Crippen molar-refractivity contribution in [2.45, 2.75) is 32.4 Å². The molecule has 3 unspecified atom stereocenters. The van der Waals surface area contributed by atoms with Gasteiger partial charge < -0.3 is 5.11 Å². The molecule has 1 aromatic heterocycles. The van der Waals surface area contributed by atoms with Gasteiger partial charge in [0.1, 0.15) is 0 Å². The number of likely N-dealkylation sites (tertiary alicyclic amines) is 1. The smallest absolute Gasteiger partial charge is 0.0708 e. The predicted molar refractivity (Wildman–Crippen MR) is 84.0 cm³/mol. The molecule has 0 spiro atoms. The topological polar surface area (TPSA) is 36.4 Å². The van der Waals surface area contributed by atoms with Crippen molar-refractivity contribution in [1.29, 1.82) is 0 Å². The lowest BCUT2D eigenvalue weighted by Gasteiger charge is -2.19. The second-order valence-corrected chi connectivity index (χ2v) is 6.70. The molecule has 0 bridgehead atoms. The van der Waals surface area contributed by atoms with Gasteiger partial charge in [0.05, 0.1) is 11.6 Å². The minimum atomic E-state index is -0.0732. The van der Waals surface area contributed by atoms with Crippen LogP contribution < -0.4 is 0 Å². The summed E-state index contributed by atoms with van der Waals surface area (Å²) in [5.74, 6) is 1.20. The van der Waals surface area contributed by atoms with Crippen molar-refractivity contribution in [2.75, 3.05) is 13.1 Å². The number of aryl methyl sites for hydroxylation is 1. The molecule has 1 aromatic carbocycles. The lowest BCUT2D eigenvalue weighted by molar-refractivity contribution is 0.123. The Kier molecular flexibility index (Phi) is 3.20. The number of hydrogen-bond donors (Lipinski definition) is 1. The zero-order valence-electron chi connectivity index (χ0n) is 12.5. The van der Waals surface area contributed by atoms with Crippen molar-refractivity contribution in [3.63, 3.8) is 0 Å². The molecule has 4 rings (SSSR count). The van der Waals surface area contributed by atoms with Crippen LogP contribution in [-0.4, -0.2) is 34.2 Å². The number of benzene rings is 1. The van der Waals surface area contributed by atoms with Gasteiger partial charge in [-0.15, -0.1) is 0 Å². The van der Waals surface area contributed by atoms with Crippen LogP contribution in [0.25, 0.3) is 10.9 Å². The van der Waals surface area contributed by atoms with E-state index in [4.69, 9.17) is 0 Å². The first kappa shape index (κ1) is 13.2. The fourth-order valence-electron chi connectivity index (χ4n) is 4.22. The highest BCUT2D eigenvalue weighted by atomic mass is 16.3. The standard InChI is InChI=1S/C18H22N2O/c1-12-8-14(15-4-2-3-5-17(15)19-12)10-20-9-13-6-7-18(21)16(13)11-20/h2-5,8,13,16,18,21H,6-7,9-11H2,1H3. The van der Waals surface area contributed by atoms with Gasteiger partial charge in [0.25, 0.3) is 0 Å². The minimum Gasteiger partial charge on any atom is -0.393 e. The second kappa shape index (κ2) is 5.08. The normalized spacial score (nSPS) is 29.1. The molecule has 2 aliphatic rings. The number of aliphatic hydroxyl groups is 1. The average Bonchev–Trinajstić information content (AvgIpc) is 3.01. The van der Waals surface area contributed by atoms with Gasteiger partial charge in [-0.3, -0.25) is 9.88 Å². The zero-order valence-corrected chi connectivity index (χ0v) is 12.5. The first-order valence-corrected chi connectivity index (χ1v) is 7.96. The van der Waals surface area contributed by atoms with E-state index >= 15 is 0 Å². The van der Waals surface area contributed by atoms with Gasteiger partial charge in [-0.25, -0.2) is 0 Å². The number of para-hydroxylation sites is 1. The lowest BCUT2D eigenvalue weighted by atomic mass is 10.00. The molecule has 1 saturated carbocycles. The van der Waals surface area contributed by atoms with Crippen molar-refractivity contribution in [2.24, 2.45) is 11.8 Å². The van der Waals surface area contributed by atoms with Crippen molar-refractivity contribution in [3.05, 3.63) is 41.6 Å². The van der Waals surface area contributed by atoms with Crippen molar-refractivity contribution in [1.82, 2.24) is 9.88 Å². The van der Waals surface area contributed by atoms with Crippen LogP contribution in [0.3, 0.4) is 0 Å². The van der Waals surface area contributed by atoms with Gasteiger partial charge in [0.15, 0.2) is 0 Å². The molecule has 2 fully saturated rings. The Balaban J connectivity index is 1.61. The molecule has 21 heavy (non-hydrogen) atoms. The Morgan fingerprint density at radius 1 is 1.24 bits per heavy atom. The molecule has 0 amide bonds. The van der Waals surface area contributed by atoms with Crippen LogP contribution in [0.4, 0.5) is 0 Å². The number of hydrogen-bond acceptors (Lipinski definition) is 3. The number of fused-ring (bicyclic) bond motifs is 2. The summed E-state index contributed by atoms with van der Waals surface area (Å²) in [4.78, 5) is 7.13. The number of rotatable bonds is 2. The van der Waals surface area contributed by atoms with E-state index in [0.717, 1.165) is 37.3 Å². The Morgan fingerprint density at radius 2 is 2.10 bits per heavy atom. The summed E-state index contributed by atoms with van der Waals surface area (Å²) in [5.41, 5.74) is 3.54. The highest BCUT2D eigenvalue weighted by Gasteiger charge is 2.41. The Morgan fingerprint density at radius 3 is 2.95 bits per heavy atom. The van der Waals surface area contributed by atoms with E-state index < -0.39 is 0 Å². The summed E-state index contributed by atoms with van der Waals surface area (Å²) in [7, 11) is 0. The maximum atomic E-state index is 10.1. The summed E-state index contributed by atoms with van der Waals surface area (Å²) in [6, 6.07) is 10.6. The SMILES string of the molecule is Cc1cc(CN2CC3CCC(O)C3C2)c2ccccc2n1. The van der Waals surface area contributed by atoms with Crippen molar-refractivity contribution in [3.8, 4) is 0 Å². The second-order valence-electron chi connectivity index (χ2n) is 6.70. The summed E-state index contributed by atoms with van der Waals surface area (Å²) in [5, 5.41) is 11.3. The third-order valence-electron chi connectivity index (χ3n) is 5.22. The van der Waals surface area contributed by atoms with Gasteiger partial charge >= 0.3 is 0 Å². The Hall–Kier alpha value is -1.45. The van der Waals surface area contributed by atoms with Crippen LogP contribution in [-0.2, 0) is 6.54 Å². The van der Waals surface area contributed by atoms with Gasteiger partial charge in [0.2, 0.25) is 0 Å². The van der Waals surface area contributed by atoms with E-state index in [0.29, 0.717) is 11.8 Å². The maximum absolute atomic E-state index is 10.1. The van der Waals surface area contributed by atoms with E-state index in [1.165, 1.54) is 17.4 Å².